The summed E-state index contributed by atoms with van der Waals surface area (Å²) in [5, 5.41) is 11.1. The minimum atomic E-state index is -0.701. The molecule has 22 heavy (non-hydrogen) atoms. The Labute approximate surface area is 131 Å². The molecule has 0 aliphatic carbocycles. The Balaban J connectivity index is 1.55. The van der Waals surface area contributed by atoms with Crippen molar-refractivity contribution in [2.75, 3.05) is 0 Å². The summed E-state index contributed by atoms with van der Waals surface area (Å²) in [6, 6.07) is 15.6. The Hall–Kier alpha value is -1.71. The number of piperidine rings is 1. The average molecular weight is 294 g/mol. The maximum Gasteiger partial charge on any atom is 0.0941 e. The summed E-state index contributed by atoms with van der Waals surface area (Å²) in [4.78, 5) is 6.79. The number of hydrogen-bond donors (Lipinski definition) is 1. The fraction of sp³-hybridized carbons (Fsp3) is 0.421. The number of pyridine rings is 1. The highest BCUT2D eigenvalue weighted by Crippen LogP contribution is 2.45. The molecule has 0 spiro atoms. The number of benzene rings is 1. The van der Waals surface area contributed by atoms with Crippen molar-refractivity contribution in [3.8, 4) is 0 Å². The molecule has 2 saturated heterocycles. The van der Waals surface area contributed by atoms with Crippen LogP contribution in [0.2, 0.25) is 0 Å². The molecular weight excluding hydrogens is 272 g/mol. The van der Waals surface area contributed by atoms with E-state index in [-0.39, 0.29) is 0 Å². The number of fused-ring (bicyclic) bond motifs is 2. The van der Waals surface area contributed by atoms with Gasteiger partial charge in [-0.15, -0.1) is 0 Å². The van der Waals surface area contributed by atoms with Crippen molar-refractivity contribution in [3.05, 3.63) is 66.0 Å². The summed E-state index contributed by atoms with van der Waals surface area (Å²) < 4.78 is 0. The molecule has 2 aliphatic rings. The summed E-state index contributed by atoms with van der Waals surface area (Å²) in [5.41, 5.74) is 1.64. The molecule has 0 radical (unpaired) electrons. The van der Waals surface area contributed by atoms with E-state index in [0.717, 1.165) is 24.9 Å². The fourth-order valence-corrected chi connectivity index (χ4v) is 4.24. The Bertz CT molecular complexity index is 614. The van der Waals surface area contributed by atoms with Crippen LogP contribution in [0.3, 0.4) is 0 Å². The van der Waals surface area contributed by atoms with Crippen LogP contribution >= 0.6 is 0 Å². The molecule has 2 aliphatic heterocycles. The number of hydrogen-bond acceptors (Lipinski definition) is 3. The first-order valence-electron chi connectivity index (χ1n) is 8.17. The first-order chi connectivity index (χ1) is 10.7. The highest BCUT2D eigenvalue weighted by Gasteiger charge is 2.48. The molecular formula is C19H22N2O. The number of aliphatic hydroxyl groups is 1. The second kappa shape index (κ2) is 5.49. The summed E-state index contributed by atoms with van der Waals surface area (Å²) >= 11 is 0. The van der Waals surface area contributed by atoms with E-state index in [2.05, 4.69) is 40.2 Å². The molecule has 114 valence electrons. The van der Waals surface area contributed by atoms with E-state index in [4.69, 9.17) is 0 Å². The van der Waals surface area contributed by atoms with Crippen LogP contribution in [0.25, 0.3) is 0 Å². The van der Waals surface area contributed by atoms with Crippen LogP contribution in [0.5, 0.6) is 0 Å². The van der Waals surface area contributed by atoms with Gasteiger partial charge in [0.1, 0.15) is 0 Å². The van der Waals surface area contributed by atoms with Gasteiger partial charge in [-0.05, 0) is 37.3 Å². The molecule has 2 fully saturated rings. The highest BCUT2D eigenvalue weighted by atomic mass is 16.3. The third kappa shape index (κ3) is 2.44. The van der Waals surface area contributed by atoms with E-state index in [9.17, 15) is 5.11 Å². The van der Waals surface area contributed by atoms with E-state index in [1.54, 1.807) is 6.20 Å². The smallest absolute Gasteiger partial charge is 0.0941 e. The van der Waals surface area contributed by atoms with E-state index >= 15 is 0 Å². The standard InChI is InChI=1S/C19H22N2O/c22-19(16-7-4-10-20-13-16)11-17-8-9-18(12-19)21(17)14-15-5-2-1-3-6-15/h1-7,10,13,17-18,22H,8-9,11-12,14H2/t17-,18+,19?. The predicted molar refractivity (Wildman–Crippen MR) is 86.2 cm³/mol. The largest absolute Gasteiger partial charge is 0.385 e. The van der Waals surface area contributed by atoms with E-state index in [1.165, 1.54) is 18.4 Å². The van der Waals surface area contributed by atoms with Crippen molar-refractivity contribution >= 4 is 0 Å². The molecule has 0 saturated carbocycles. The van der Waals surface area contributed by atoms with Crippen molar-refractivity contribution in [3.63, 3.8) is 0 Å². The second-order valence-electron chi connectivity index (χ2n) is 6.72. The zero-order valence-corrected chi connectivity index (χ0v) is 12.7. The molecule has 3 heterocycles. The summed E-state index contributed by atoms with van der Waals surface area (Å²) in [6.07, 6.45) is 7.63. The molecule has 3 nitrogen and oxygen atoms in total. The zero-order chi connectivity index (χ0) is 15.0. The van der Waals surface area contributed by atoms with Crippen LogP contribution in [0.15, 0.2) is 54.9 Å². The second-order valence-corrected chi connectivity index (χ2v) is 6.72. The van der Waals surface area contributed by atoms with E-state index < -0.39 is 5.60 Å². The third-order valence-electron chi connectivity index (χ3n) is 5.32. The van der Waals surface area contributed by atoms with Gasteiger partial charge in [0, 0.05) is 36.6 Å². The van der Waals surface area contributed by atoms with Gasteiger partial charge in [0.25, 0.3) is 0 Å². The maximum atomic E-state index is 11.1. The fourth-order valence-electron chi connectivity index (χ4n) is 4.24. The van der Waals surface area contributed by atoms with Gasteiger partial charge in [0.15, 0.2) is 0 Å². The monoisotopic (exact) mass is 294 g/mol. The molecule has 0 amide bonds. The van der Waals surface area contributed by atoms with Crippen molar-refractivity contribution in [1.29, 1.82) is 0 Å². The van der Waals surface area contributed by atoms with Gasteiger partial charge in [0.05, 0.1) is 5.60 Å². The lowest BCUT2D eigenvalue weighted by Gasteiger charge is -2.44. The normalized spacial score (nSPS) is 31.3. The Morgan fingerprint density at radius 3 is 2.41 bits per heavy atom. The maximum absolute atomic E-state index is 11.1. The van der Waals surface area contributed by atoms with Crippen LogP contribution < -0.4 is 0 Å². The number of rotatable bonds is 3. The van der Waals surface area contributed by atoms with Gasteiger partial charge < -0.3 is 5.11 Å². The minimum Gasteiger partial charge on any atom is -0.385 e. The van der Waals surface area contributed by atoms with Crippen LogP contribution in [0.4, 0.5) is 0 Å². The van der Waals surface area contributed by atoms with Crippen molar-refractivity contribution in [1.82, 2.24) is 9.88 Å². The summed E-state index contributed by atoms with van der Waals surface area (Å²) in [6.45, 7) is 0.999. The van der Waals surface area contributed by atoms with Gasteiger partial charge >= 0.3 is 0 Å². The van der Waals surface area contributed by atoms with Crippen molar-refractivity contribution in [2.45, 2.75) is 49.9 Å². The SMILES string of the molecule is OC1(c2cccnc2)C[C@H]2CC[C@@H](C1)N2Cc1ccccc1. The van der Waals surface area contributed by atoms with Gasteiger partial charge in [-0.25, -0.2) is 0 Å². The molecule has 1 unspecified atom stereocenters. The van der Waals surface area contributed by atoms with Crippen LogP contribution in [-0.4, -0.2) is 27.1 Å². The van der Waals surface area contributed by atoms with Gasteiger partial charge in [0.2, 0.25) is 0 Å². The van der Waals surface area contributed by atoms with Gasteiger partial charge in [-0.1, -0.05) is 36.4 Å². The number of nitrogens with zero attached hydrogens (tertiary/aromatic N) is 2. The summed E-state index contributed by atoms with van der Waals surface area (Å²) in [7, 11) is 0. The van der Waals surface area contributed by atoms with E-state index in [0.29, 0.717) is 12.1 Å². The van der Waals surface area contributed by atoms with Crippen LogP contribution in [0.1, 0.15) is 36.8 Å². The highest BCUT2D eigenvalue weighted by molar-refractivity contribution is 5.22. The lowest BCUT2D eigenvalue weighted by atomic mass is 9.81. The molecule has 3 atom stereocenters. The molecule has 2 bridgehead atoms. The lowest BCUT2D eigenvalue weighted by molar-refractivity contribution is -0.0597. The van der Waals surface area contributed by atoms with Crippen LogP contribution in [-0.2, 0) is 12.1 Å². The molecule has 3 heteroatoms. The minimum absolute atomic E-state index is 0.476. The van der Waals surface area contributed by atoms with Crippen LogP contribution in [0, 0.1) is 0 Å². The zero-order valence-electron chi connectivity index (χ0n) is 12.7. The average Bonchev–Trinajstić information content (AvgIpc) is 2.81. The third-order valence-corrected chi connectivity index (χ3v) is 5.32. The molecule has 4 rings (SSSR count). The Morgan fingerprint density at radius 1 is 1.05 bits per heavy atom. The molecule has 1 aromatic heterocycles. The first kappa shape index (κ1) is 13.9. The quantitative estimate of drug-likeness (QED) is 0.945. The first-order valence-corrected chi connectivity index (χ1v) is 8.17. The van der Waals surface area contributed by atoms with Crippen molar-refractivity contribution < 1.29 is 5.11 Å². The number of aromatic nitrogens is 1. The lowest BCUT2D eigenvalue weighted by Crippen LogP contribution is -2.49. The Kier molecular flexibility index (Phi) is 3.47. The topological polar surface area (TPSA) is 36.4 Å². The van der Waals surface area contributed by atoms with Gasteiger partial charge in [-0.3, -0.25) is 9.88 Å². The van der Waals surface area contributed by atoms with Gasteiger partial charge in [-0.2, -0.15) is 0 Å². The Morgan fingerprint density at radius 2 is 1.77 bits per heavy atom. The molecule has 1 N–H and O–H groups in total. The van der Waals surface area contributed by atoms with Crippen molar-refractivity contribution in [2.24, 2.45) is 0 Å². The summed E-state index contributed by atoms with van der Waals surface area (Å²) in [5.74, 6) is 0. The molecule has 2 aromatic rings. The predicted octanol–water partition coefficient (Wildman–Crippen LogP) is 3.10. The molecule has 1 aromatic carbocycles. The van der Waals surface area contributed by atoms with E-state index in [1.807, 2.05) is 18.3 Å².